The molecule has 1 rings (SSSR count). The lowest BCUT2D eigenvalue weighted by molar-refractivity contribution is -0.177. The zero-order valence-corrected chi connectivity index (χ0v) is 7.53. The zero-order chi connectivity index (χ0) is 11.1. The minimum absolute atomic E-state index is 0.0162. The quantitative estimate of drug-likeness (QED) is 0.435. The summed E-state index contributed by atoms with van der Waals surface area (Å²) >= 11 is -0.0162. The first kappa shape index (κ1) is 12.1. The van der Waals surface area contributed by atoms with E-state index in [1.807, 2.05) is 0 Å². The van der Waals surface area contributed by atoms with Gasteiger partial charge in [0.05, 0.1) is 0 Å². The third-order valence-electron chi connectivity index (χ3n) is 1.91. The second kappa shape index (κ2) is 3.86. The molecule has 0 aromatic rings. The highest BCUT2D eigenvalue weighted by Gasteiger charge is 2.54. The smallest absolute Gasteiger partial charge is 0.389 e. The van der Waals surface area contributed by atoms with Crippen molar-refractivity contribution in [3.8, 4) is 0 Å². The van der Waals surface area contributed by atoms with Crippen LogP contribution in [0, 0.1) is 0 Å². The monoisotopic (exact) mass is 234 g/mol. The fourth-order valence-electron chi connectivity index (χ4n) is 1.13. The molecule has 1 fully saturated rings. The first-order chi connectivity index (χ1) is 6.25. The van der Waals surface area contributed by atoms with Gasteiger partial charge in [0, 0.05) is 0 Å². The van der Waals surface area contributed by atoms with E-state index in [-0.39, 0.29) is 11.8 Å². The molecule has 1 aliphatic heterocycles. The molecule has 0 aliphatic carbocycles. The Kier molecular flexibility index (Phi) is 3.32. The fourth-order valence-corrected chi connectivity index (χ4v) is 2.23. The lowest BCUT2D eigenvalue weighted by atomic mass is 10.0. The molecule has 0 spiro atoms. The molecule has 1 saturated heterocycles. The van der Waals surface area contributed by atoms with Crippen LogP contribution in [-0.2, 0) is 0 Å². The number of rotatable bonds is 0. The van der Waals surface area contributed by atoms with Crippen LogP contribution in [0.15, 0.2) is 0 Å². The Morgan fingerprint density at radius 2 is 1.36 bits per heavy atom. The number of hydrogen-bond acceptors (Lipinski definition) is 5. The molecular weight excluding hydrogens is 225 g/mol. The minimum Gasteiger partial charge on any atom is -0.389 e. The van der Waals surface area contributed by atoms with Gasteiger partial charge in [-0.15, -0.1) is 11.8 Å². The van der Waals surface area contributed by atoms with Gasteiger partial charge in [0.2, 0.25) is 0 Å². The maximum absolute atomic E-state index is 12.2. The third-order valence-corrected chi connectivity index (χ3v) is 3.31. The van der Waals surface area contributed by atoms with Crippen LogP contribution in [0.2, 0.25) is 0 Å². The summed E-state index contributed by atoms with van der Waals surface area (Å²) in [5.41, 5.74) is -1.75. The van der Waals surface area contributed by atoms with E-state index in [0.717, 1.165) is 0 Å². The Hall–Kier alpha value is -0.0200. The molecular formula is C6H9F3O4S. The number of aliphatic hydroxyl groups excluding tert-OH is 4. The molecule has 8 heteroatoms. The van der Waals surface area contributed by atoms with Crippen molar-refractivity contribution in [2.45, 2.75) is 35.2 Å². The van der Waals surface area contributed by atoms with Crippen LogP contribution in [-0.4, -0.2) is 55.6 Å². The van der Waals surface area contributed by atoms with Crippen LogP contribution in [0.5, 0.6) is 0 Å². The topological polar surface area (TPSA) is 80.9 Å². The Morgan fingerprint density at radius 1 is 0.857 bits per heavy atom. The van der Waals surface area contributed by atoms with Gasteiger partial charge in [-0.1, -0.05) is 0 Å². The van der Waals surface area contributed by atoms with E-state index in [1.54, 1.807) is 0 Å². The predicted octanol–water partition coefficient (Wildman–Crippen LogP) is -0.935. The summed E-state index contributed by atoms with van der Waals surface area (Å²) < 4.78 is 36.5. The molecule has 0 saturated carbocycles. The summed E-state index contributed by atoms with van der Waals surface area (Å²) in [5.74, 6) is 0. The molecule has 4 nitrogen and oxygen atoms in total. The molecule has 1 heterocycles. The van der Waals surface area contributed by atoms with E-state index < -0.39 is 35.2 Å². The molecule has 0 bridgehead atoms. The molecule has 1 aliphatic rings. The second-order valence-corrected chi connectivity index (χ2v) is 4.22. The van der Waals surface area contributed by atoms with Gasteiger partial charge in [0.25, 0.3) is 0 Å². The number of hydrogen-bond donors (Lipinski definition) is 4. The molecule has 84 valence electrons. The number of aliphatic hydroxyl groups is 4. The van der Waals surface area contributed by atoms with Crippen molar-refractivity contribution >= 4 is 11.8 Å². The van der Waals surface area contributed by atoms with E-state index in [9.17, 15) is 13.2 Å². The van der Waals surface area contributed by atoms with E-state index in [0.29, 0.717) is 0 Å². The molecule has 0 amide bonds. The van der Waals surface area contributed by atoms with Gasteiger partial charge in [-0.2, -0.15) is 13.2 Å². The van der Waals surface area contributed by atoms with Crippen LogP contribution in [0.1, 0.15) is 0 Å². The van der Waals surface area contributed by atoms with Crippen molar-refractivity contribution in [3.63, 3.8) is 0 Å². The van der Waals surface area contributed by atoms with Crippen LogP contribution in [0.25, 0.3) is 0 Å². The van der Waals surface area contributed by atoms with Crippen molar-refractivity contribution in [3.05, 3.63) is 0 Å². The van der Waals surface area contributed by atoms with Crippen LogP contribution in [0.4, 0.5) is 13.2 Å². The highest BCUT2D eigenvalue weighted by atomic mass is 32.2. The van der Waals surface area contributed by atoms with Gasteiger partial charge in [0.1, 0.15) is 29.0 Å². The Balaban J connectivity index is 2.81. The SMILES string of the molecule is O[C@H]1[C@H](O)[C@H](O)S[C@@H](C(F)(F)F)[C@H]1O. The highest BCUT2D eigenvalue weighted by molar-refractivity contribution is 8.00. The van der Waals surface area contributed by atoms with Crippen molar-refractivity contribution in [2.24, 2.45) is 0 Å². The van der Waals surface area contributed by atoms with E-state index >= 15 is 0 Å². The van der Waals surface area contributed by atoms with Gasteiger partial charge in [0.15, 0.2) is 0 Å². The minimum atomic E-state index is -4.73. The van der Waals surface area contributed by atoms with Crippen molar-refractivity contribution < 1.29 is 33.6 Å². The van der Waals surface area contributed by atoms with Crippen molar-refractivity contribution in [1.82, 2.24) is 0 Å². The van der Waals surface area contributed by atoms with Crippen molar-refractivity contribution in [2.75, 3.05) is 0 Å². The summed E-state index contributed by atoms with van der Waals surface area (Å²) in [6, 6.07) is 0. The largest absolute Gasteiger partial charge is 0.403 e. The van der Waals surface area contributed by atoms with Gasteiger partial charge < -0.3 is 20.4 Å². The highest BCUT2D eigenvalue weighted by Crippen LogP contribution is 2.40. The molecule has 0 radical (unpaired) electrons. The number of alkyl halides is 3. The first-order valence-corrected chi connectivity index (χ1v) is 4.64. The van der Waals surface area contributed by atoms with Gasteiger partial charge >= 0.3 is 6.18 Å². The average molecular weight is 234 g/mol. The molecule has 0 unspecified atom stereocenters. The molecule has 5 atom stereocenters. The second-order valence-electron chi connectivity index (χ2n) is 2.96. The molecule has 0 aromatic carbocycles. The Morgan fingerprint density at radius 3 is 1.79 bits per heavy atom. The molecule has 14 heavy (non-hydrogen) atoms. The zero-order valence-electron chi connectivity index (χ0n) is 6.72. The summed E-state index contributed by atoms with van der Waals surface area (Å²) in [6.45, 7) is 0. The van der Waals surface area contributed by atoms with E-state index in [4.69, 9.17) is 20.4 Å². The summed E-state index contributed by atoms with van der Waals surface area (Å²) in [4.78, 5) is 0. The fraction of sp³-hybridized carbons (Fsp3) is 1.00. The van der Waals surface area contributed by atoms with Gasteiger partial charge in [-0.05, 0) is 0 Å². The molecule has 4 N–H and O–H groups in total. The van der Waals surface area contributed by atoms with Crippen LogP contribution in [0.3, 0.4) is 0 Å². The summed E-state index contributed by atoms with van der Waals surface area (Å²) in [7, 11) is 0. The lowest BCUT2D eigenvalue weighted by Crippen LogP contribution is -2.57. The normalized spacial score (nSPS) is 45.2. The maximum atomic E-state index is 12.2. The van der Waals surface area contributed by atoms with Gasteiger partial charge in [-0.3, -0.25) is 0 Å². The summed E-state index contributed by atoms with van der Waals surface area (Å²) in [6.07, 6.45) is -10.6. The maximum Gasteiger partial charge on any atom is 0.403 e. The lowest BCUT2D eigenvalue weighted by Gasteiger charge is -2.38. The van der Waals surface area contributed by atoms with Crippen molar-refractivity contribution in [1.29, 1.82) is 0 Å². The third kappa shape index (κ3) is 2.14. The number of halogens is 3. The Labute approximate surface area is 81.4 Å². The summed E-state index contributed by atoms with van der Waals surface area (Å²) in [5, 5.41) is 33.6. The van der Waals surface area contributed by atoms with Gasteiger partial charge in [-0.25, -0.2) is 0 Å². The van der Waals surface area contributed by atoms with E-state index in [1.165, 1.54) is 0 Å². The standard InChI is InChI=1S/C6H9F3O4S/c7-6(8,9)4-2(11)1(10)3(12)5(13)14-4/h1-5,10-13H/t1-,2+,3+,4-,5-/m1/s1. The van der Waals surface area contributed by atoms with E-state index in [2.05, 4.69) is 0 Å². The average Bonchev–Trinajstić information content (AvgIpc) is 2.06. The first-order valence-electron chi connectivity index (χ1n) is 3.69. The Bertz CT molecular complexity index is 212. The van der Waals surface area contributed by atoms with Crippen LogP contribution >= 0.6 is 11.8 Å². The number of thioether (sulfide) groups is 1. The predicted molar refractivity (Wildman–Crippen MR) is 41.5 cm³/mol. The van der Waals surface area contributed by atoms with Crippen LogP contribution < -0.4 is 0 Å². The molecule has 0 aromatic heterocycles.